The normalized spacial score (nSPS) is 10.7. The second kappa shape index (κ2) is 6.85. The van der Waals surface area contributed by atoms with E-state index in [9.17, 15) is 9.18 Å². The first-order valence-electron chi connectivity index (χ1n) is 6.75. The predicted molar refractivity (Wildman–Crippen MR) is 85.6 cm³/mol. The van der Waals surface area contributed by atoms with Crippen LogP contribution in [0, 0.1) is 19.7 Å². The van der Waals surface area contributed by atoms with Gasteiger partial charge in [0.1, 0.15) is 5.82 Å². The van der Waals surface area contributed by atoms with E-state index in [0.717, 1.165) is 22.4 Å². The fourth-order valence-corrected chi connectivity index (χ4v) is 2.06. The summed E-state index contributed by atoms with van der Waals surface area (Å²) in [4.78, 5) is 15.7. The van der Waals surface area contributed by atoms with Gasteiger partial charge in [-0.25, -0.2) is 9.18 Å². The third kappa shape index (κ3) is 3.91. The fraction of sp³-hybridized carbons (Fsp3) is 0.176. The number of nitrogens with zero attached hydrogens (tertiary/aromatic N) is 1. The quantitative estimate of drug-likeness (QED) is 0.856. The minimum absolute atomic E-state index is 0.276. The van der Waals surface area contributed by atoms with Crippen molar-refractivity contribution in [2.75, 3.05) is 12.4 Å². The SMILES string of the molecule is COC(=O)Nc1c(C)cc(N=Cc2ccc(F)cc2)cc1C. The monoisotopic (exact) mass is 300 g/mol. The Kier molecular flexibility index (Phi) is 4.88. The second-order valence-corrected chi connectivity index (χ2v) is 4.88. The van der Waals surface area contributed by atoms with Crippen LogP contribution in [0.1, 0.15) is 16.7 Å². The van der Waals surface area contributed by atoms with E-state index in [-0.39, 0.29) is 5.82 Å². The van der Waals surface area contributed by atoms with Gasteiger partial charge >= 0.3 is 6.09 Å². The Hall–Kier alpha value is -2.69. The molecule has 0 aliphatic heterocycles. The van der Waals surface area contributed by atoms with E-state index < -0.39 is 6.09 Å². The molecule has 0 bridgehead atoms. The van der Waals surface area contributed by atoms with E-state index in [2.05, 4.69) is 15.0 Å². The van der Waals surface area contributed by atoms with Gasteiger partial charge in [0.05, 0.1) is 12.8 Å². The van der Waals surface area contributed by atoms with E-state index in [0.29, 0.717) is 5.69 Å². The lowest BCUT2D eigenvalue weighted by Gasteiger charge is -2.11. The van der Waals surface area contributed by atoms with Gasteiger partial charge in [-0.3, -0.25) is 10.3 Å². The molecule has 0 aliphatic rings. The number of hydrogen-bond acceptors (Lipinski definition) is 3. The van der Waals surface area contributed by atoms with Crippen molar-refractivity contribution in [2.24, 2.45) is 4.99 Å². The molecule has 0 atom stereocenters. The Labute approximate surface area is 128 Å². The van der Waals surface area contributed by atoms with Crippen LogP contribution in [-0.2, 0) is 4.74 Å². The maximum atomic E-state index is 12.8. The molecule has 0 saturated heterocycles. The number of carbonyl (C=O) groups is 1. The Morgan fingerprint density at radius 2 is 1.77 bits per heavy atom. The third-order valence-electron chi connectivity index (χ3n) is 3.16. The van der Waals surface area contributed by atoms with Crippen molar-refractivity contribution in [3.05, 3.63) is 58.9 Å². The molecular weight excluding hydrogens is 283 g/mol. The first-order valence-corrected chi connectivity index (χ1v) is 6.75. The van der Waals surface area contributed by atoms with Crippen molar-refractivity contribution in [3.63, 3.8) is 0 Å². The lowest BCUT2D eigenvalue weighted by Crippen LogP contribution is -2.12. The molecule has 1 amide bonds. The topological polar surface area (TPSA) is 50.7 Å². The average Bonchev–Trinajstić information content (AvgIpc) is 2.50. The zero-order valence-corrected chi connectivity index (χ0v) is 12.7. The lowest BCUT2D eigenvalue weighted by atomic mass is 10.1. The van der Waals surface area contributed by atoms with Gasteiger partial charge in [0.15, 0.2) is 0 Å². The van der Waals surface area contributed by atoms with Crippen LogP contribution >= 0.6 is 0 Å². The van der Waals surface area contributed by atoms with Gasteiger partial charge in [0.25, 0.3) is 0 Å². The Balaban J connectivity index is 2.22. The van der Waals surface area contributed by atoms with Crippen molar-refractivity contribution < 1.29 is 13.9 Å². The Morgan fingerprint density at radius 3 is 2.32 bits per heavy atom. The molecule has 2 rings (SSSR count). The summed E-state index contributed by atoms with van der Waals surface area (Å²) >= 11 is 0. The highest BCUT2D eigenvalue weighted by Gasteiger charge is 2.08. The molecule has 22 heavy (non-hydrogen) atoms. The zero-order chi connectivity index (χ0) is 16.1. The van der Waals surface area contributed by atoms with Crippen LogP contribution in [0.2, 0.25) is 0 Å². The number of methoxy groups -OCH3 is 1. The van der Waals surface area contributed by atoms with Gasteiger partial charge in [-0.15, -0.1) is 0 Å². The summed E-state index contributed by atoms with van der Waals surface area (Å²) in [6, 6.07) is 9.82. The molecular formula is C17H17FN2O2. The van der Waals surface area contributed by atoms with Gasteiger partial charge in [-0.1, -0.05) is 12.1 Å². The summed E-state index contributed by atoms with van der Waals surface area (Å²) in [7, 11) is 1.32. The van der Waals surface area contributed by atoms with Crippen LogP contribution < -0.4 is 5.32 Å². The number of carbonyl (C=O) groups excluding carboxylic acids is 1. The molecule has 0 unspecified atom stereocenters. The van der Waals surface area contributed by atoms with Crippen molar-refractivity contribution in [1.29, 1.82) is 0 Å². The number of hydrogen-bond donors (Lipinski definition) is 1. The Morgan fingerprint density at radius 1 is 1.18 bits per heavy atom. The van der Waals surface area contributed by atoms with E-state index in [4.69, 9.17) is 0 Å². The summed E-state index contributed by atoms with van der Waals surface area (Å²) in [6.45, 7) is 3.77. The summed E-state index contributed by atoms with van der Waals surface area (Å²) < 4.78 is 17.4. The van der Waals surface area contributed by atoms with Crippen LogP contribution in [0.5, 0.6) is 0 Å². The fourth-order valence-electron chi connectivity index (χ4n) is 2.06. The van der Waals surface area contributed by atoms with Gasteiger partial charge in [-0.2, -0.15) is 0 Å². The van der Waals surface area contributed by atoms with Crippen LogP contribution in [0.4, 0.5) is 20.6 Å². The largest absolute Gasteiger partial charge is 0.453 e. The molecule has 0 saturated carbocycles. The molecule has 0 aromatic heterocycles. The number of halogens is 1. The summed E-state index contributed by atoms with van der Waals surface area (Å²) in [5.41, 5.74) is 4.06. The number of anilines is 1. The molecule has 2 aromatic carbocycles. The van der Waals surface area contributed by atoms with E-state index >= 15 is 0 Å². The molecule has 1 N–H and O–H groups in total. The van der Waals surface area contributed by atoms with Gasteiger partial charge in [-0.05, 0) is 54.8 Å². The maximum Gasteiger partial charge on any atom is 0.411 e. The van der Waals surface area contributed by atoms with E-state index in [1.54, 1.807) is 18.3 Å². The van der Waals surface area contributed by atoms with Gasteiger partial charge < -0.3 is 4.74 Å². The van der Waals surface area contributed by atoms with Crippen molar-refractivity contribution in [1.82, 2.24) is 0 Å². The van der Waals surface area contributed by atoms with E-state index in [1.165, 1.54) is 19.2 Å². The number of aryl methyl sites for hydroxylation is 2. The molecule has 114 valence electrons. The summed E-state index contributed by atoms with van der Waals surface area (Å²) in [6.07, 6.45) is 1.16. The highest BCUT2D eigenvalue weighted by molar-refractivity contribution is 5.88. The van der Waals surface area contributed by atoms with Crippen LogP contribution in [0.25, 0.3) is 0 Å². The standard InChI is InChI=1S/C17H17FN2O2/c1-11-8-15(9-12(2)16(11)20-17(21)22-3)19-10-13-4-6-14(18)7-5-13/h4-10H,1-3H3,(H,20,21). The van der Waals surface area contributed by atoms with Crippen LogP contribution in [0.3, 0.4) is 0 Å². The predicted octanol–water partition coefficient (Wildman–Crippen LogP) is 4.37. The number of aliphatic imine (C=N–C) groups is 1. The molecule has 0 heterocycles. The van der Waals surface area contributed by atoms with Crippen LogP contribution in [-0.4, -0.2) is 19.4 Å². The van der Waals surface area contributed by atoms with Crippen LogP contribution in [0.15, 0.2) is 41.4 Å². The summed E-state index contributed by atoms with van der Waals surface area (Å²) in [5, 5.41) is 2.68. The number of ether oxygens (including phenoxy) is 1. The molecule has 0 fully saturated rings. The van der Waals surface area contributed by atoms with E-state index in [1.807, 2.05) is 26.0 Å². The third-order valence-corrected chi connectivity index (χ3v) is 3.16. The first kappa shape index (κ1) is 15.7. The Bertz CT molecular complexity index is 686. The number of nitrogens with one attached hydrogen (secondary N) is 1. The minimum Gasteiger partial charge on any atom is -0.453 e. The van der Waals surface area contributed by atoms with Gasteiger partial charge in [0, 0.05) is 11.9 Å². The molecule has 0 aliphatic carbocycles. The molecule has 5 heteroatoms. The maximum absolute atomic E-state index is 12.8. The molecule has 0 radical (unpaired) electrons. The summed E-state index contributed by atoms with van der Waals surface area (Å²) in [5.74, 6) is -0.276. The number of amides is 1. The lowest BCUT2D eigenvalue weighted by molar-refractivity contribution is 0.187. The first-order chi connectivity index (χ1) is 10.5. The molecule has 2 aromatic rings. The number of rotatable bonds is 3. The van der Waals surface area contributed by atoms with Crippen molar-refractivity contribution in [2.45, 2.75) is 13.8 Å². The smallest absolute Gasteiger partial charge is 0.411 e. The highest BCUT2D eigenvalue weighted by atomic mass is 19.1. The second-order valence-electron chi connectivity index (χ2n) is 4.88. The van der Waals surface area contributed by atoms with Gasteiger partial charge in [0.2, 0.25) is 0 Å². The van der Waals surface area contributed by atoms with Crippen molar-refractivity contribution >= 4 is 23.7 Å². The zero-order valence-electron chi connectivity index (χ0n) is 12.7. The average molecular weight is 300 g/mol. The molecule has 4 nitrogen and oxygen atoms in total. The number of benzene rings is 2. The highest BCUT2D eigenvalue weighted by Crippen LogP contribution is 2.26. The van der Waals surface area contributed by atoms with Crippen molar-refractivity contribution in [3.8, 4) is 0 Å². The molecule has 0 spiro atoms. The minimum atomic E-state index is -0.506.